The first kappa shape index (κ1) is 13.9. The molecule has 1 aromatic rings. The number of rotatable bonds is 3. The molecule has 0 radical (unpaired) electrons. The molecular formula is C11H12FNO5S. The number of ether oxygens (including phenoxy) is 1. The summed E-state index contributed by atoms with van der Waals surface area (Å²) in [6.45, 7) is 0.432. The minimum absolute atomic E-state index is 0.166. The van der Waals surface area contributed by atoms with Crippen molar-refractivity contribution >= 4 is 16.0 Å². The van der Waals surface area contributed by atoms with Gasteiger partial charge in [-0.1, -0.05) is 4.47 Å². The lowest BCUT2D eigenvalue weighted by Crippen LogP contribution is -2.28. The van der Waals surface area contributed by atoms with E-state index in [0.29, 0.717) is 6.42 Å². The van der Waals surface area contributed by atoms with Crippen LogP contribution >= 0.6 is 0 Å². The Kier molecular flexibility index (Phi) is 3.83. The van der Waals surface area contributed by atoms with E-state index in [1.54, 1.807) is 0 Å². The molecule has 0 saturated carbocycles. The highest BCUT2D eigenvalue weighted by Gasteiger charge is 2.33. The van der Waals surface area contributed by atoms with Gasteiger partial charge in [0, 0.05) is 6.54 Å². The molecular weight excluding hydrogens is 277 g/mol. The zero-order valence-corrected chi connectivity index (χ0v) is 10.9. The molecule has 1 heterocycles. The smallest absolute Gasteiger partial charge is 0.339 e. The summed E-state index contributed by atoms with van der Waals surface area (Å²) in [6.07, 6.45) is 0.544. The van der Waals surface area contributed by atoms with Crippen molar-refractivity contribution in [2.45, 2.75) is 11.3 Å². The number of methoxy groups -OCH3 is 1. The quantitative estimate of drug-likeness (QED) is 0.774. The Morgan fingerprint density at radius 3 is 2.79 bits per heavy atom. The number of benzene rings is 1. The summed E-state index contributed by atoms with van der Waals surface area (Å²) >= 11 is 0. The van der Waals surface area contributed by atoms with Crippen LogP contribution < -0.4 is 0 Å². The number of hydrogen-bond acceptors (Lipinski definition) is 5. The van der Waals surface area contributed by atoms with Gasteiger partial charge in [0.05, 0.1) is 19.3 Å². The third-order valence-corrected chi connectivity index (χ3v) is 4.33. The van der Waals surface area contributed by atoms with E-state index in [1.807, 2.05) is 0 Å². The number of halogens is 1. The number of hydrogen-bond donors (Lipinski definition) is 0. The normalized spacial score (nSPS) is 16.5. The summed E-state index contributed by atoms with van der Waals surface area (Å²) in [7, 11) is -2.96. The van der Waals surface area contributed by atoms with Crippen molar-refractivity contribution in [2.24, 2.45) is 0 Å². The summed E-state index contributed by atoms with van der Waals surface area (Å²) in [5, 5.41) is 0. The zero-order chi connectivity index (χ0) is 14.0. The molecule has 0 atom stereocenters. The van der Waals surface area contributed by atoms with E-state index in [0.717, 1.165) is 29.8 Å². The molecule has 1 fully saturated rings. The second-order valence-corrected chi connectivity index (χ2v) is 5.65. The number of carbonyl (C=O) groups is 1. The average molecular weight is 289 g/mol. The van der Waals surface area contributed by atoms with E-state index >= 15 is 0 Å². The van der Waals surface area contributed by atoms with E-state index in [-0.39, 0.29) is 18.7 Å². The second-order valence-electron chi connectivity index (χ2n) is 3.85. The molecule has 1 aliphatic heterocycles. The van der Waals surface area contributed by atoms with Crippen LogP contribution in [-0.2, 0) is 19.6 Å². The third kappa shape index (κ3) is 2.60. The van der Waals surface area contributed by atoms with Crippen LogP contribution in [0.3, 0.4) is 0 Å². The lowest BCUT2D eigenvalue weighted by Gasteiger charge is -2.16. The van der Waals surface area contributed by atoms with Crippen LogP contribution in [-0.4, -0.2) is 39.1 Å². The Balaban J connectivity index is 2.53. The van der Waals surface area contributed by atoms with Crippen molar-refractivity contribution in [3.05, 3.63) is 29.6 Å². The van der Waals surface area contributed by atoms with Crippen molar-refractivity contribution in [3.8, 4) is 0 Å². The molecule has 0 amide bonds. The van der Waals surface area contributed by atoms with Crippen LogP contribution in [0.25, 0.3) is 0 Å². The van der Waals surface area contributed by atoms with Crippen molar-refractivity contribution in [1.29, 1.82) is 0 Å². The van der Waals surface area contributed by atoms with Gasteiger partial charge in [0.25, 0.3) is 10.0 Å². The zero-order valence-electron chi connectivity index (χ0n) is 10.1. The van der Waals surface area contributed by atoms with Crippen LogP contribution in [0.15, 0.2) is 23.1 Å². The maximum absolute atomic E-state index is 13.3. The molecule has 0 N–H and O–H groups in total. The number of sulfonamides is 1. The first-order valence-corrected chi connectivity index (χ1v) is 6.94. The summed E-state index contributed by atoms with van der Waals surface area (Å²) in [5.74, 6) is -1.61. The Morgan fingerprint density at radius 1 is 1.47 bits per heavy atom. The molecule has 1 aromatic carbocycles. The molecule has 0 aromatic heterocycles. The molecule has 0 aliphatic carbocycles. The highest BCUT2D eigenvalue weighted by atomic mass is 32.2. The molecule has 2 rings (SSSR count). The predicted octanol–water partition coefficient (Wildman–Crippen LogP) is 0.938. The maximum atomic E-state index is 13.3. The van der Waals surface area contributed by atoms with E-state index in [4.69, 9.17) is 4.84 Å². The van der Waals surface area contributed by atoms with Crippen LogP contribution in [0.1, 0.15) is 16.8 Å². The highest BCUT2D eigenvalue weighted by molar-refractivity contribution is 7.89. The van der Waals surface area contributed by atoms with E-state index in [1.165, 1.54) is 0 Å². The first-order chi connectivity index (χ1) is 8.96. The van der Waals surface area contributed by atoms with Crippen LogP contribution in [0.5, 0.6) is 0 Å². The minimum atomic E-state index is -4.08. The van der Waals surface area contributed by atoms with Gasteiger partial charge in [-0.3, -0.25) is 4.84 Å². The van der Waals surface area contributed by atoms with E-state index < -0.39 is 26.7 Å². The van der Waals surface area contributed by atoms with Crippen molar-refractivity contribution in [2.75, 3.05) is 20.3 Å². The van der Waals surface area contributed by atoms with Crippen molar-refractivity contribution < 1.29 is 27.2 Å². The Hall–Kier alpha value is -1.51. The average Bonchev–Trinajstić information content (AvgIpc) is 2.92. The largest absolute Gasteiger partial charge is 0.465 e. The molecule has 19 heavy (non-hydrogen) atoms. The molecule has 0 bridgehead atoms. The fourth-order valence-corrected chi connectivity index (χ4v) is 3.20. The van der Waals surface area contributed by atoms with Crippen molar-refractivity contribution in [3.63, 3.8) is 0 Å². The second kappa shape index (κ2) is 5.24. The van der Waals surface area contributed by atoms with E-state index in [2.05, 4.69) is 4.74 Å². The predicted molar refractivity (Wildman–Crippen MR) is 62.2 cm³/mol. The summed E-state index contributed by atoms with van der Waals surface area (Å²) in [6, 6.07) is 2.85. The molecule has 104 valence electrons. The van der Waals surface area contributed by atoms with Crippen molar-refractivity contribution in [1.82, 2.24) is 4.47 Å². The summed E-state index contributed by atoms with van der Waals surface area (Å²) < 4.78 is 43.0. The third-order valence-electron chi connectivity index (χ3n) is 2.62. The highest BCUT2D eigenvalue weighted by Crippen LogP contribution is 2.24. The number of nitrogens with zero attached hydrogens (tertiary/aromatic N) is 1. The summed E-state index contributed by atoms with van der Waals surface area (Å²) in [5.41, 5.74) is -0.223. The van der Waals surface area contributed by atoms with Crippen LogP contribution in [0.2, 0.25) is 0 Å². The standard InChI is InChI=1S/C11H12FNO5S/c1-17-11(14)9-4-3-8(12)7-10(9)19(15,16)13-5-2-6-18-13/h3-4,7H,2,5-6H2,1H3. The van der Waals surface area contributed by atoms with Gasteiger partial charge in [-0.05, 0) is 24.6 Å². The molecule has 6 nitrogen and oxygen atoms in total. The lowest BCUT2D eigenvalue weighted by atomic mass is 10.2. The Morgan fingerprint density at radius 2 is 2.21 bits per heavy atom. The number of carbonyl (C=O) groups excluding carboxylic acids is 1. The molecule has 0 spiro atoms. The molecule has 8 heteroatoms. The van der Waals surface area contributed by atoms with Gasteiger partial charge in [-0.25, -0.2) is 17.6 Å². The Labute approximate surface area is 109 Å². The number of hydroxylamine groups is 1. The fourth-order valence-electron chi connectivity index (χ4n) is 1.71. The lowest BCUT2D eigenvalue weighted by molar-refractivity contribution is -0.0285. The monoisotopic (exact) mass is 289 g/mol. The molecule has 1 saturated heterocycles. The fraction of sp³-hybridized carbons (Fsp3) is 0.364. The van der Waals surface area contributed by atoms with Gasteiger partial charge >= 0.3 is 5.97 Å². The molecule has 0 unspecified atom stereocenters. The first-order valence-electron chi connectivity index (χ1n) is 5.50. The van der Waals surface area contributed by atoms with Gasteiger partial charge < -0.3 is 4.74 Å². The topological polar surface area (TPSA) is 72.9 Å². The van der Waals surface area contributed by atoms with Gasteiger partial charge in [0.1, 0.15) is 10.7 Å². The van der Waals surface area contributed by atoms with Crippen LogP contribution in [0, 0.1) is 5.82 Å². The van der Waals surface area contributed by atoms with Crippen LogP contribution in [0.4, 0.5) is 4.39 Å². The van der Waals surface area contributed by atoms with Gasteiger partial charge in [-0.15, -0.1) is 0 Å². The maximum Gasteiger partial charge on any atom is 0.339 e. The van der Waals surface area contributed by atoms with Gasteiger partial charge in [-0.2, -0.15) is 0 Å². The molecule has 1 aliphatic rings. The SMILES string of the molecule is COC(=O)c1ccc(F)cc1S(=O)(=O)N1CCCO1. The Bertz CT molecular complexity index is 595. The summed E-state index contributed by atoms with van der Waals surface area (Å²) in [4.78, 5) is 16.0. The number of esters is 1. The van der Waals surface area contributed by atoms with Gasteiger partial charge in [0.2, 0.25) is 0 Å². The van der Waals surface area contributed by atoms with Gasteiger partial charge in [0.15, 0.2) is 0 Å². The minimum Gasteiger partial charge on any atom is -0.465 e. The van der Waals surface area contributed by atoms with E-state index in [9.17, 15) is 17.6 Å².